The first-order chi connectivity index (χ1) is 14.0. The highest BCUT2D eigenvalue weighted by Gasteiger charge is 2.33. The Morgan fingerprint density at radius 1 is 1.03 bits per heavy atom. The molecule has 0 atom stereocenters. The van der Waals surface area contributed by atoms with E-state index in [4.69, 9.17) is 0 Å². The van der Waals surface area contributed by atoms with Gasteiger partial charge in [0.25, 0.3) is 0 Å². The summed E-state index contributed by atoms with van der Waals surface area (Å²) in [6, 6.07) is 9.21. The predicted molar refractivity (Wildman–Crippen MR) is 105 cm³/mol. The molecule has 0 saturated carbocycles. The topological polar surface area (TPSA) is 66.9 Å². The normalized spacial score (nSPS) is 15.8. The molecule has 1 aliphatic heterocycles. The first-order valence-corrected chi connectivity index (χ1v) is 10.6. The highest BCUT2D eigenvalue weighted by atomic mass is 32.2. The van der Waals surface area contributed by atoms with Crippen LogP contribution in [0.4, 0.5) is 18.9 Å². The highest BCUT2D eigenvalue weighted by molar-refractivity contribution is 7.89. The number of sulfonamides is 1. The van der Waals surface area contributed by atoms with Crippen LogP contribution in [0.5, 0.6) is 0 Å². The van der Waals surface area contributed by atoms with Gasteiger partial charge in [0.2, 0.25) is 10.0 Å². The van der Waals surface area contributed by atoms with Gasteiger partial charge < -0.3 is 9.64 Å². The summed E-state index contributed by atoms with van der Waals surface area (Å²) in [5.74, 6) is -0.559. The summed E-state index contributed by atoms with van der Waals surface area (Å²) in [6.45, 7) is 2.39. The van der Waals surface area contributed by atoms with E-state index in [1.165, 1.54) is 35.7 Å². The first kappa shape index (κ1) is 22.1. The van der Waals surface area contributed by atoms with Gasteiger partial charge in [-0.15, -0.1) is 0 Å². The summed E-state index contributed by atoms with van der Waals surface area (Å²) in [5.41, 5.74) is 0.332. The number of methoxy groups -OCH3 is 1. The van der Waals surface area contributed by atoms with Crippen molar-refractivity contribution in [3.05, 3.63) is 59.2 Å². The Hall–Kier alpha value is -2.59. The van der Waals surface area contributed by atoms with Gasteiger partial charge in [-0.2, -0.15) is 17.5 Å². The molecule has 0 bridgehead atoms. The molecule has 2 aromatic rings. The summed E-state index contributed by atoms with van der Waals surface area (Å²) in [6.07, 6.45) is -4.44. The molecule has 1 aliphatic rings. The Kier molecular flexibility index (Phi) is 6.09. The van der Waals surface area contributed by atoms with E-state index in [9.17, 15) is 26.4 Å². The number of aryl methyl sites for hydroxylation is 1. The van der Waals surface area contributed by atoms with E-state index in [0.717, 1.165) is 12.1 Å². The number of hydrogen-bond donors (Lipinski definition) is 0. The van der Waals surface area contributed by atoms with E-state index in [0.29, 0.717) is 11.3 Å². The Morgan fingerprint density at radius 2 is 1.70 bits per heavy atom. The fourth-order valence-corrected chi connectivity index (χ4v) is 5.02. The third kappa shape index (κ3) is 4.44. The van der Waals surface area contributed by atoms with Gasteiger partial charge in [-0.3, -0.25) is 0 Å². The largest absolute Gasteiger partial charge is 0.465 e. The highest BCUT2D eigenvalue weighted by Crippen LogP contribution is 2.32. The average molecular weight is 442 g/mol. The number of benzene rings is 2. The summed E-state index contributed by atoms with van der Waals surface area (Å²) in [5, 5.41) is 0. The molecule has 162 valence electrons. The molecule has 0 aromatic heterocycles. The number of hydrogen-bond acceptors (Lipinski definition) is 5. The van der Waals surface area contributed by atoms with Gasteiger partial charge >= 0.3 is 12.1 Å². The SMILES string of the molecule is COC(=O)c1ccc(S(=O)(=O)N2CCN(c3cccc(C(F)(F)F)c3)CC2)c(C)c1. The second kappa shape index (κ2) is 8.27. The van der Waals surface area contributed by atoms with Gasteiger partial charge in [0, 0.05) is 31.9 Å². The Balaban J connectivity index is 1.75. The molecule has 1 fully saturated rings. The first-order valence-electron chi connectivity index (χ1n) is 9.15. The molecule has 10 heteroatoms. The van der Waals surface area contributed by atoms with E-state index < -0.39 is 27.7 Å². The average Bonchev–Trinajstić information content (AvgIpc) is 2.72. The van der Waals surface area contributed by atoms with E-state index in [2.05, 4.69) is 4.74 Å². The van der Waals surface area contributed by atoms with Crippen LogP contribution in [0.15, 0.2) is 47.4 Å². The minimum Gasteiger partial charge on any atom is -0.465 e. The molecule has 0 aliphatic carbocycles. The van der Waals surface area contributed by atoms with Crippen LogP contribution in [0.25, 0.3) is 0 Å². The zero-order valence-corrected chi connectivity index (χ0v) is 17.3. The number of carbonyl (C=O) groups is 1. The minimum atomic E-state index is -4.44. The number of nitrogens with zero attached hydrogens (tertiary/aromatic N) is 2. The van der Waals surface area contributed by atoms with Crippen LogP contribution in [0.2, 0.25) is 0 Å². The monoisotopic (exact) mass is 442 g/mol. The smallest absolute Gasteiger partial charge is 0.416 e. The van der Waals surface area contributed by atoms with Crippen molar-refractivity contribution in [2.24, 2.45) is 0 Å². The molecular formula is C20H21F3N2O4S. The Morgan fingerprint density at radius 3 is 2.27 bits per heavy atom. The molecule has 2 aromatic carbocycles. The van der Waals surface area contributed by atoms with Crippen LogP contribution in [0, 0.1) is 6.92 Å². The molecule has 30 heavy (non-hydrogen) atoms. The number of halogens is 3. The van der Waals surface area contributed by atoms with Crippen molar-refractivity contribution in [3.8, 4) is 0 Å². The molecule has 0 amide bonds. The van der Waals surface area contributed by atoms with Crippen molar-refractivity contribution in [1.82, 2.24) is 4.31 Å². The maximum absolute atomic E-state index is 13.0. The molecule has 1 heterocycles. The van der Waals surface area contributed by atoms with Gasteiger partial charge in [0.05, 0.1) is 23.1 Å². The van der Waals surface area contributed by atoms with Gasteiger partial charge in [0.15, 0.2) is 0 Å². The van der Waals surface area contributed by atoms with Crippen LogP contribution in [0.3, 0.4) is 0 Å². The lowest BCUT2D eigenvalue weighted by Gasteiger charge is -2.35. The van der Waals surface area contributed by atoms with Crippen LogP contribution < -0.4 is 4.90 Å². The molecule has 0 unspecified atom stereocenters. The number of esters is 1. The van der Waals surface area contributed by atoms with E-state index in [1.807, 2.05) is 0 Å². The Bertz CT molecular complexity index is 1050. The third-order valence-corrected chi connectivity index (χ3v) is 7.05. The lowest BCUT2D eigenvalue weighted by molar-refractivity contribution is -0.137. The van der Waals surface area contributed by atoms with Crippen molar-refractivity contribution in [3.63, 3.8) is 0 Å². The fourth-order valence-electron chi connectivity index (χ4n) is 3.39. The van der Waals surface area contributed by atoms with E-state index in [-0.39, 0.29) is 36.6 Å². The van der Waals surface area contributed by atoms with Crippen molar-refractivity contribution in [1.29, 1.82) is 0 Å². The Labute approximate surface area is 172 Å². The summed E-state index contributed by atoms with van der Waals surface area (Å²) >= 11 is 0. The van der Waals surface area contributed by atoms with Crippen LogP contribution in [0.1, 0.15) is 21.5 Å². The molecule has 0 spiro atoms. The van der Waals surface area contributed by atoms with E-state index >= 15 is 0 Å². The summed E-state index contributed by atoms with van der Waals surface area (Å²) in [7, 11) is -2.56. The molecule has 0 N–H and O–H groups in total. The van der Waals surface area contributed by atoms with Crippen molar-refractivity contribution in [2.45, 2.75) is 18.0 Å². The molecule has 3 rings (SSSR count). The number of piperazine rings is 1. The fraction of sp³-hybridized carbons (Fsp3) is 0.350. The second-order valence-corrected chi connectivity index (χ2v) is 8.82. The number of ether oxygens (including phenoxy) is 1. The van der Waals surface area contributed by atoms with Crippen LogP contribution >= 0.6 is 0 Å². The van der Waals surface area contributed by atoms with Gasteiger partial charge in [-0.25, -0.2) is 13.2 Å². The minimum absolute atomic E-state index is 0.0858. The zero-order valence-electron chi connectivity index (χ0n) is 16.4. The predicted octanol–water partition coefficient (Wildman–Crippen LogP) is 3.31. The molecule has 1 saturated heterocycles. The van der Waals surface area contributed by atoms with Gasteiger partial charge in [-0.05, 0) is 48.9 Å². The van der Waals surface area contributed by atoms with Gasteiger partial charge in [0.1, 0.15) is 0 Å². The third-order valence-electron chi connectivity index (χ3n) is 4.99. The number of carbonyl (C=O) groups excluding carboxylic acids is 1. The van der Waals surface area contributed by atoms with Crippen molar-refractivity contribution >= 4 is 21.7 Å². The quantitative estimate of drug-likeness (QED) is 0.680. The molecule has 6 nitrogen and oxygen atoms in total. The lowest BCUT2D eigenvalue weighted by Crippen LogP contribution is -2.48. The zero-order chi connectivity index (χ0) is 22.1. The summed E-state index contributed by atoms with van der Waals surface area (Å²) in [4.78, 5) is 13.4. The van der Waals surface area contributed by atoms with Gasteiger partial charge in [-0.1, -0.05) is 6.07 Å². The maximum atomic E-state index is 13.0. The number of anilines is 1. The standard InChI is InChI=1S/C20H21F3N2O4S/c1-14-12-15(19(26)29-2)6-7-18(14)30(27,28)25-10-8-24(9-11-25)17-5-3-4-16(13-17)20(21,22)23/h3-7,12-13H,8-11H2,1-2H3. The second-order valence-electron chi connectivity index (χ2n) is 6.91. The van der Waals surface area contributed by atoms with Crippen LogP contribution in [-0.2, 0) is 20.9 Å². The summed E-state index contributed by atoms with van der Waals surface area (Å²) < 4.78 is 70.8. The number of alkyl halides is 3. The van der Waals surface area contributed by atoms with E-state index in [1.54, 1.807) is 17.9 Å². The molecular weight excluding hydrogens is 421 g/mol. The van der Waals surface area contributed by atoms with Crippen molar-refractivity contribution in [2.75, 3.05) is 38.2 Å². The van der Waals surface area contributed by atoms with Crippen molar-refractivity contribution < 1.29 is 31.1 Å². The molecule has 0 radical (unpaired) electrons. The lowest BCUT2D eigenvalue weighted by atomic mass is 10.1. The number of rotatable bonds is 4. The maximum Gasteiger partial charge on any atom is 0.416 e. The van der Waals surface area contributed by atoms with Crippen LogP contribution in [-0.4, -0.2) is 52.0 Å².